The highest BCUT2D eigenvalue weighted by Crippen LogP contribution is 2.31. The summed E-state index contributed by atoms with van der Waals surface area (Å²) in [6.07, 6.45) is 0.842. The molecule has 3 rings (SSSR count). The van der Waals surface area contributed by atoms with Gasteiger partial charge >= 0.3 is 0 Å². The molecule has 1 amide bonds. The van der Waals surface area contributed by atoms with E-state index in [9.17, 15) is 4.79 Å². The van der Waals surface area contributed by atoms with Crippen molar-refractivity contribution in [3.05, 3.63) is 40.1 Å². The summed E-state index contributed by atoms with van der Waals surface area (Å²) >= 11 is 1.60. The van der Waals surface area contributed by atoms with Crippen LogP contribution in [0.15, 0.2) is 29.6 Å². The number of carbonyl (C=O) groups excluding carboxylic acids is 1. The highest BCUT2D eigenvalue weighted by atomic mass is 32.1. The quantitative estimate of drug-likeness (QED) is 0.910. The molecule has 23 heavy (non-hydrogen) atoms. The predicted octanol–water partition coefficient (Wildman–Crippen LogP) is 3.49. The van der Waals surface area contributed by atoms with E-state index in [0.29, 0.717) is 30.3 Å². The van der Waals surface area contributed by atoms with E-state index in [0.717, 1.165) is 17.0 Å². The minimum atomic E-state index is -0.165. The fraction of sp³-hybridized carbons (Fsp3) is 0.353. The highest BCUT2D eigenvalue weighted by molar-refractivity contribution is 7.10. The standard InChI is InChI=1S/C17H19NO4S/c1-11-14(6-8-23-11)18-17(19)12-3-4-15(20-2)16(9-12)22-13-5-7-21-10-13/h3-4,6,8-9,13H,5,7,10H2,1-2H3,(H,18,19). The number of amides is 1. The number of rotatable bonds is 5. The lowest BCUT2D eigenvalue weighted by molar-refractivity contribution is 0.102. The molecule has 5 nitrogen and oxygen atoms in total. The third-order valence-corrected chi connectivity index (χ3v) is 4.56. The molecule has 1 aliphatic rings. The van der Waals surface area contributed by atoms with Crippen LogP contribution in [0.1, 0.15) is 21.7 Å². The molecular formula is C17H19NO4S. The Labute approximate surface area is 139 Å². The summed E-state index contributed by atoms with van der Waals surface area (Å²) in [6.45, 7) is 3.24. The van der Waals surface area contributed by atoms with E-state index in [1.54, 1.807) is 36.6 Å². The lowest BCUT2D eigenvalue weighted by atomic mass is 10.1. The second-order valence-electron chi connectivity index (χ2n) is 5.31. The zero-order valence-corrected chi connectivity index (χ0v) is 13.9. The van der Waals surface area contributed by atoms with Crippen LogP contribution in [0.4, 0.5) is 5.69 Å². The summed E-state index contributed by atoms with van der Waals surface area (Å²) in [7, 11) is 1.59. The maximum atomic E-state index is 12.4. The monoisotopic (exact) mass is 333 g/mol. The molecule has 0 aliphatic carbocycles. The molecule has 0 radical (unpaired) electrons. The zero-order chi connectivity index (χ0) is 16.2. The van der Waals surface area contributed by atoms with Gasteiger partial charge in [0.25, 0.3) is 5.91 Å². The molecule has 1 atom stereocenters. The molecule has 2 heterocycles. The van der Waals surface area contributed by atoms with Gasteiger partial charge < -0.3 is 19.5 Å². The van der Waals surface area contributed by atoms with Gasteiger partial charge in [-0.05, 0) is 36.6 Å². The lowest BCUT2D eigenvalue weighted by Crippen LogP contribution is -2.17. The highest BCUT2D eigenvalue weighted by Gasteiger charge is 2.20. The van der Waals surface area contributed by atoms with Gasteiger partial charge in [0.05, 0.1) is 26.0 Å². The van der Waals surface area contributed by atoms with Crippen LogP contribution in [-0.2, 0) is 4.74 Å². The number of nitrogens with one attached hydrogen (secondary N) is 1. The summed E-state index contributed by atoms with van der Waals surface area (Å²) in [5.41, 5.74) is 1.37. The topological polar surface area (TPSA) is 56.8 Å². The average molecular weight is 333 g/mol. The van der Waals surface area contributed by atoms with Crippen molar-refractivity contribution < 1.29 is 19.0 Å². The zero-order valence-electron chi connectivity index (χ0n) is 13.1. The van der Waals surface area contributed by atoms with E-state index in [1.165, 1.54) is 0 Å². The van der Waals surface area contributed by atoms with E-state index < -0.39 is 0 Å². The van der Waals surface area contributed by atoms with Crippen LogP contribution in [0.25, 0.3) is 0 Å². The third-order valence-electron chi connectivity index (χ3n) is 3.71. The molecule has 1 fully saturated rings. The van der Waals surface area contributed by atoms with E-state index in [4.69, 9.17) is 14.2 Å². The summed E-state index contributed by atoms with van der Waals surface area (Å²) in [5, 5.41) is 4.87. The summed E-state index contributed by atoms with van der Waals surface area (Å²) in [6, 6.07) is 7.09. The van der Waals surface area contributed by atoms with Crippen LogP contribution in [-0.4, -0.2) is 32.3 Å². The van der Waals surface area contributed by atoms with Gasteiger partial charge in [0.15, 0.2) is 11.5 Å². The first-order valence-electron chi connectivity index (χ1n) is 7.45. The lowest BCUT2D eigenvalue weighted by Gasteiger charge is -2.16. The largest absolute Gasteiger partial charge is 0.493 e. The van der Waals surface area contributed by atoms with Crippen LogP contribution in [0.3, 0.4) is 0 Å². The fourth-order valence-electron chi connectivity index (χ4n) is 2.40. The van der Waals surface area contributed by atoms with Gasteiger partial charge in [-0.2, -0.15) is 0 Å². The number of ether oxygens (including phenoxy) is 3. The molecule has 0 bridgehead atoms. The number of thiophene rings is 1. The van der Waals surface area contributed by atoms with Crippen LogP contribution < -0.4 is 14.8 Å². The van der Waals surface area contributed by atoms with Gasteiger partial charge in [-0.1, -0.05) is 0 Å². The minimum absolute atomic E-state index is 0.00123. The van der Waals surface area contributed by atoms with Crippen molar-refractivity contribution in [2.24, 2.45) is 0 Å². The van der Waals surface area contributed by atoms with Crippen LogP contribution >= 0.6 is 11.3 Å². The normalized spacial score (nSPS) is 17.0. The summed E-state index contributed by atoms with van der Waals surface area (Å²) in [5.74, 6) is 1.01. The Bertz CT molecular complexity index is 692. The van der Waals surface area contributed by atoms with Crippen LogP contribution in [0, 0.1) is 6.92 Å². The van der Waals surface area contributed by atoms with Gasteiger partial charge in [-0.15, -0.1) is 11.3 Å². The summed E-state index contributed by atoms with van der Waals surface area (Å²) in [4.78, 5) is 13.5. The number of methoxy groups -OCH3 is 1. The third kappa shape index (κ3) is 3.65. The van der Waals surface area contributed by atoms with Crippen molar-refractivity contribution in [1.82, 2.24) is 0 Å². The Balaban J connectivity index is 1.79. The Morgan fingerprint density at radius 3 is 2.87 bits per heavy atom. The Morgan fingerprint density at radius 2 is 2.22 bits per heavy atom. The molecule has 2 aromatic rings. The maximum absolute atomic E-state index is 12.4. The van der Waals surface area contributed by atoms with Crippen molar-refractivity contribution >= 4 is 22.9 Å². The molecule has 1 unspecified atom stereocenters. The van der Waals surface area contributed by atoms with Gasteiger partial charge in [-0.3, -0.25) is 4.79 Å². The van der Waals surface area contributed by atoms with Gasteiger partial charge in [0.2, 0.25) is 0 Å². The summed E-state index contributed by atoms with van der Waals surface area (Å²) < 4.78 is 16.6. The number of carbonyl (C=O) groups is 1. The SMILES string of the molecule is COc1ccc(C(=O)Nc2ccsc2C)cc1OC1CCOC1. The van der Waals surface area contributed by atoms with Crippen molar-refractivity contribution in [3.63, 3.8) is 0 Å². The van der Waals surface area contributed by atoms with Crippen molar-refractivity contribution in [2.75, 3.05) is 25.6 Å². The smallest absolute Gasteiger partial charge is 0.255 e. The molecule has 1 aromatic carbocycles. The fourth-order valence-corrected chi connectivity index (χ4v) is 3.06. The van der Waals surface area contributed by atoms with E-state index in [-0.39, 0.29) is 12.0 Å². The minimum Gasteiger partial charge on any atom is -0.493 e. The molecule has 122 valence electrons. The Kier molecular flexibility index (Phi) is 4.83. The first kappa shape index (κ1) is 15.8. The number of hydrogen-bond donors (Lipinski definition) is 1. The second kappa shape index (κ2) is 7.02. The molecule has 1 aromatic heterocycles. The van der Waals surface area contributed by atoms with E-state index in [2.05, 4.69) is 5.32 Å². The molecule has 0 saturated carbocycles. The van der Waals surface area contributed by atoms with Crippen LogP contribution in [0.5, 0.6) is 11.5 Å². The molecule has 1 aliphatic heterocycles. The second-order valence-corrected chi connectivity index (χ2v) is 6.43. The average Bonchev–Trinajstić information content (AvgIpc) is 3.20. The van der Waals surface area contributed by atoms with E-state index in [1.807, 2.05) is 18.4 Å². The number of benzene rings is 1. The number of anilines is 1. The first-order valence-corrected chi connectivity index (χ1v) is 8.33. The molecular weight excluding hydrogens is 314 g/mol. The first-order chi connectivity index (χ1) is 11.2. The van der Waals surface area contributed by atoms with Gasteiger partial charge in [-0.25, -0.2) is 0 Å². The van der Waals surface area contributed by atoms with Crippen LogP contribution in [0.2, 0.25) is 0 Å². The van der Waals surface area contributed by atoms with Crippen molar-refractivity contribution in [2.45, 2.75) is 19.4 Å². The maximum Gasteiger partial charge on any atom is 0.255 e. The number of aryl methyl sites for hydroxylation is 1. The molecule has 1 saturated heterocycles. The molecule has 6 heteroatoms. The molecule has 0 spiro atoms. The Hall–Kier alpha value is -2.05. The Morgan fingerprint density at radius 1 is 1.35 bits per heavy atom. The van der Waals surface area contributed by atoms with Crippen molar-refractivity contribution in [3.8, 4) is 11.5 Å². The molecule has 1 N–H and O–H groups in total. The van der Waals surface area contributed by atoms with Gasteiger partial charge in [0, 0.05) is 16.9 Å². The van der Waals surface area contributed by atoms with E-state index >= 15 is 0 Å². The predicted molar refractivity (Wildman–Crippen MR) is 89.9 cm³/mol. The van der Waals surface area contributed by atoms with Gasteiger partial charge in [0.1, 0.15) is 6.10 Å². The number of hydrogen-bond acceptors (Lipinski definition) is 5. The van der Waals surface area contributed by atoms with Crippen molar-refractivity contribution in [1.29, 1.82) is 0 Å².